The second-order valence-corrected chi connectivity index (χ2v) is 2.59. The van der Waals surface area contributed by atoms with E-state index in [1.807, 2.05) is 12.1 Å². The van der Waals surface area contributed by atoms with Gasteiger partial charge in [-0.2, -0.15) is 0 Å². The predicted octanol–water partition coefficient (Wildman–Crippen LogP) is 1.53. The molecule has 0 bridgehead atoms. The van der Waals surface area contributed by atoms with Crippen LogP contribution < -0.4 is 5.73 Å². The van der Waals surface area contributed by atoms with Gasteiger partial charge in [0.05, 0.1) is 0 Å². The number of nitrogens with two attached hydrogens (primary N) is 1. The zero-order valence-electron chi connectivity index (χ0n) is 7.57. The maximum Gasteiger partial charge on any atom is 0.174 e. The van der Waals surface area contributed by atoms with Gasteiger partial charge in [0.2, 0.25) is 0 Å². The van der Waals surface area contributed by atoms with E-state index in [9.17, 15) is 0 Å². The van der Waals surface area contributed by atoms with Crippen LogP contribution in [-0.2, 0) is 6.54 Å². The van der Waals surface area contributed by atoms with Crippen LogP contribution in [0.25, 0.3) is 0 Å². The summed E-state index contributed by atoms with van der Waals surface area (Å²) < 4.78 is 0. The third-order valence-corrected chi connectivity index (χ3v) is 1.68. The van der Waals surface area contributed by atoms with E-state index in [0.29, 0.717) is 12.1 Å². The van der Waals surface area contributed by atoms with Crippen LogP contribution in [0.2, 0.25) is 0 Å². The lowest BCUT2D eigenvalue weighted by atomic mass is 10.1. The number of nitrogens with one attached hydrogen (secondary N) is 2. The highest BCUT2D eigenvalue weighted by atomic mass is 15.1. The van der Waals surface area contributed by atoms with Crippen molar-refractivity contribution >= 4 is 12.2 Å². The minimum atomic E-state index is 0.0390. The fourth-order valence-electron chi connectivity index (χ4n) is 0.943. The molecule has 0 radical (unpaired) electrons. The Hall–Kier alpha value is -1.88. The van der Waals surface area contributed by atoms with Gasteiger partial charge in [0, 0.05) is 12.1 Å². The molecular formula is C9H11N5. The average molecular weight is 189 g/mol. The molecule has 72 valence electrons. The van der Waals surface area contributed by atoms with Gasteiger partial charge in [0.1, 0.15) is 6.34 Å². The molecule has 1 aromatic carbocycles. The van der Waals surface area contributed by atoms with E-state index in [-0.39, 0.29) is 5.84 Å². The lowest BCUT2D eigenvalue weighted by molar-refractivity contribution is 1.07. The first-order chi connectivity index (χ1) is 6.77. The number of hydrogen-bond donors (Lipinski definition) is 3. The summed E-state index contributed by atoms with van der Waals surface area (Å²) in [7, 11) is 0. The van der Waals surface area contributed by atoms with Crippen molar-refractivity contribution < 1.29 is 0 Å². The Morgan fingerprint density at radius 3 is 2.50 bits per heavy atom. The summed E-state index contributed by atoms with van der Waals surface area (Å²) in [5.41, 5.74) is 7.10. The summed E-state index contributed by atoms with van der Waals surface area (Å²) >= 11 is 0. The first kappa shape index (κ1) is 10.2. The van der Waals surface area contributed by atoms with Crippen LogP contribution in [0.5, 0.6) is 0 Å². The summed E-state index contributed by atoms with van der Waals surface area (Å²) in [5, 5.41) is 20.9. The summed E-state index contributed by atoms with van der Waals surface area (Å²) in [6.07, 6.45) is 0.794. The summed E-state index contributed by atoms with van der Waals surface area (Å²) in [6.45, 7) is 0.482. The molecule has 0 saturated heterocycles. The van der Waals surface area contributed by atoms with Crippen LogP contribution in [-0.4, -0.2) is 12.2 Å². The fraction of sp³-hybridized carbons (Fsp3) is 0.111. The standard InChI is InChI=1S/C9H11N5/c10-5-7-1-3-8(4-2-7)9(12)14-13-6-11/h1-4,6,11-12H,5,10H2/b11-6?,12-9?,14-13-. The summed E-state index contributed by atoms with van der Waals surface area (Å²) in [6, 6.07) is 7.19. The Morgan fingerprint density at radius 1 is 1.36 bits per heavy atom. The Bertz CT molecular complexity index is 352. The smallest absolute Gasteiger partial charge is 0.174 e. The highest BCUT2D eigenvalue weighted by Crippen LogP contribution is 2.05. The Labute approximate surface area is 81.7 Å². The Balaban J connectivity index is 2.81. The molecule has 0 amide bonds. The Morgan fingerprint density at radius 2 is 2.00 bits per heavy atom. The molecule has 0 aliphatic rings. The molecule has 0 saturated carbocycles. The molecule has 14 heavy (non-hydrogen) atoms. The summed E-state index contributed by atoms with van der Waals surface area (Å²) in [5.74, 6) is 0.0390. The number of rotatable bonds is 3. The monoisotopic (exact) mass is 189 g/mol. The van der Waals surface area contributed by atoms with Crippen LogP contribution >= 0.6 is 0 Å². The zero-order valence-corrected chi connectivity index (χ0v) is 7.57. The van der Waals surface area contributed by atoms with Crippen molar-refractivity contribution in [3.8, 4) is 0 Å². The van der Waals surface area contributed by atoms with Crippen molar-refractivity contribution in [2.45, 2.75) is 6.54 Å². The maximum absolute atomic E-state index is 7.47. The lowest BCUT2D eigenvalue weighted by Crippen LogP contribution is -1.98. The van der Waals surface area contributed by atoms with E-state index in [1.165, 1.54) is 0 Å². The SMILES string of the molecule is N=C/N=N\C(=N)c1ccc(CN)cc1. The molecule has 5 nitrogen and oxygen atoms in total. The fourth-order valence-corrected chi connectivity index (χ4v) is 0.943. The van der Waals surface area contributed by atoms with Crippen LogP contribution in [0.1, 0.15) is 11.1 Å². The Kier molecular flexibility index (Phi) is 3.63. The van der Waals surface area contributed by atoms with E-state index in [1.54, 1.807) is 12.1 Å². The van der Waals surface area contributed by atoms with E-state index in [2.05, 4.69) is 10.2 Å². The van der Waals surface area contributed by atoms with Crippen LogP contribution in [0.15, 0.2) is 34.5 Å². The van der Waals surface area contributed by atoms with Crippen LogP contribution in [0.4, 0.5) is 0 Å². The third kappa shape index (κ3) is 2.56. The second kappa shape index (κ2) is 4.98. The minimum absolute atomic E-state index is 0.0390. The number of benzene rings is 1. The molecule has 1 aromatic rings. The van der Waals surface area contributed by atoms with Crippen molar-refractivity contribution in [1.29, 1.82) is 10.8 Å². The van der Waals surface area contributed by atoms with E-state index >= 15 is 0 Å². The van der Waals surface area contributed by atoms with Crippen molar-refractivity contribution in [1.82, 2.24) is 0 Å². The predicted molar refractivity (Wildman–Crippen MR) is 54.8 cm³/mol. The molecule has 0 aromatic heterocycles. The van der Waals surface area contributed by atoms with E-state index in [0.717, 1.165) is 11.9 Å². The van der Waals surface area contributed by atoms with Gasteiger partial charge in [0.25, 0.3) is 0 Å². The number of hydrogen-bond acceptors (Lipinski definition) is 3. The summed E-state index contributed by atoms with van der Waals surface area (Å²) in [4.78, 5) is 0. The first-order valence-corrected chi connectivity index (χ1v) is 4.05. The number of azo groups is 1. The number of amidine groups is 1. The largest absolute Gasteiger partial charge is 0.326 e. The van der Waals surface area contributed by atoms with Gasteiger partial charge in [-0.15, -0.1) is 10.2 Å². The zero-order chi connectivity index (χ0) is 10.4. The highest BCUT2D eigenvalue weighted by Gasteiger charge is 1.98. The molecular weight excluding hydrogens is 178 g/mol. The highest BCUT2D eigenvalue weighted by molar-refractivity contribution is 5.97. The van der Waals surface area contributed by atoms with Crippen molar-refractivity contribution in [2.75, 3.05) is 0 Å². The van der Waals surface area contributed by atoms with Crippen molar-refractivity contribution in [3.05, 3.63) is 35.4 Å². The van der Waals surface area contributed by atoms with Gasteiger partial charge < -0.3 is 5.73 Å². The molecule has 0 fully saturated rings. The van der Waals surface area contributed by atoms with Gasteiger partial charge in [0.15, 0.2) is 5.84 Å². The van der Waals surface area contributed by atoms with E-state index in [4.69, 9.17) is 16.6 Å². The maximum atomic E-state index is 7.47. The second-order valence-electron chi connectivity index (χ2n) is 2.59. The third-order valence-electron chi connectivity index (χ3n) is 1.68. The molecule has 0 unspecified atom stereocenters. The molecule has 1 rings (SSSR count). The molecule has 0 spiro atoms. The molecule has 0 aliphatic carbocycles. The first-order valence-electron chi connectivity index (χ1n) is 4.05. The topological polar surface area (TPSA) is 98.4 Å². The van der Waals surface area contributed by atoms with E-state index < -0.39 is 0 Å². The minimum Gasteiger partial charge on any atom is -0.326 e. The molecule has 0 aliphatic heterocycles. The molecule has 4 N–H and O–H groups in total. The average Bonchev–Trinajstić information content (AvgIpc) is 2.26. The van der Waals surface area contributed by atoms with Gasteiger partial charge in [-0.25, -0.2) is 0 Å². The van der Waals surface area contributed by atoms with Crippen LogP contribution in [0.3, 0.4) is 0 Å². The lowest BCUT2D eigenvalue weighted by Gasteiger charge is -1.98. The number of nitrogens with zero attached hydrogens (tertiary/aromatic N) is 2. The van der Waals surface area contributed by atoms with Crippen molar-refractivity contribution in [2.24, 2.45) is 16.0 Å². The molecule has 0 heterocycles. The molecule has 5 heteroatoms. The molecule has 0 atom stereocenters. The van der Waals surface area contributed by atoms with Gasteiger partial charge >= 0.3 is 0 Å². The van der Waals surface area contributed by atoms with Gasteiger partial charge in [-0.3, -0.25) is 10.8 Å². The van der Waals surface area contributed by atoms with Crippen molar-refractivity contribution in [3.63, 3.8) is 0 Å². The van der Waals surface area contributed by atoms with Crippen LogP contribution in [0, 0.1) is 10.8 Å². The quantitative estimate of drug-likeness (QED) is 0.375. The normalized spacial score (nSPS) is 10.4. The van der Waals surface area contributed by atoms with Gasteiger partial charge in [-0.05, 0) is 5.56 Å². The van der Waals surface area contributed by atoms with Gasteiger partial charge in [-0.1, -0.05) is 24.3 Å².